The molecule has 316 valence electrons. The van der Waals surface area contributed by atoms with Gasteiger partial charge in [-0.05, 0) is 91.7 Å². The molecule has 2 aliphatic rings. The third-order valence-electron chi connectivity index (χ3n) is 13.1. The molecule has 0 saturated carbocycles. The van der Waals surface area contributed by atoms with Gasteiger partial charge in [-0.1, -0.05) is 212 Å². The normalized spacial score (nSPS) is 12.4. The molecular formula is C62H41LiN4O. The van der Waals surface area contributed by atoms with Crippen LogP contribution in [0.25, 0.3) is 67.2 Å². The number of anilines is 3. The van der Waals surface area contributed by atoms with Gasteiger partial charge in [0.25, 0.3) is 0 Å². The van der Waals surface area contributed by atoms with Crippen molar-refractivity contribution in [1.82, 2.24) is 15.0 Å². The second kappa shape index (κ2) is 17.8. The number of fused-ring (bicyclic) bond motifs is 10. The molecular weight excluding hydrogens is 824 g/mol. The Bertz CT molecular complexity index is 3510. The fourth-order valence-electron chi connectivity index (χ4n) is 10.1. The molecule has 1 aromatic heterocycles. The summed E-state index contributed by atoms with van der Waals surface area (Å²) in [5.74, 6) is 2.04. The van der Waals surface area contributed by atoms with E-state index in [1.807, 2.05) is 91.0 Å². The van der Waals surface area contributed by atoms with Gasteiger partial charge in [0.1, 0.15) is 0 Å². The number of para-hydroxylation sites is 3. The van der Waals surface area contributed by atoms with E-state index in [0.29, 0.717) is 17.5 Å². The van der Waals surface area contributed by atoms with Crippen molar-refractivity contribution in [2.45, 2.75) is 5.41 Å². The molecule has 0 atom stereocenters. The Morgan fingerprint density at radius 1 is 0.338 bits per heavy atom. The molecule has 1 aliphatic carbocycles. The van der Waals surface area contributed by atoms with Crippen LogP contribution in [0.5, 0.6) is 5.75 Å². The Labute approximate surface area is 407 Å². The SMILES string of the molecule is [Li+].[O-]c1cccc2ccccc12.c1ccc(-c2nc(-c3ccccc3)nc(-c3cccc(-c4ccc5c(c4)C4(c6ccccc6-5)c5ccccc5N(c5ccccc5)c5ccccc54)c3)n2)cc1. The summed E-state index contributed by atoms with van der Waals surface area (Å²) in [6.45, 7) is 0. The van der Waals surface area contributed by atoms with Crippen molar-refractivity contribution in [3.8, 4) is 62.2 Å². The number of aromatic nitrogens is 3. The van der Waals surface area contributed by atoms with Crippen molar-refractivity contribution in [3.05, 3.63) is 271 Å². The van der Waals surface area contributed by atoms with Crippen LogP contribution >= 0.6 is 0 Å². The smallest absolute Gasteiger partial charge is 0.872 e. The van der Waals surface area contributed by atoms with Crippen LogP contribution in [0.15, 0.2) is 249 Å². The maximum Gasteiger partial charge on any atom is 1.00 e. The molecule has 10 aromatic carbocycles. The van der Waals surface area contributed by atoms with Crippen LogP contribution in [0.4, 0.5) is 17.1 Å². The zero-order valence-corrected chi connectivity index (χ0v) is 37.4. The minimum absolute atomic E-state index is 0. The van der Waals surface area contributed by atoms with Gasteiger partial charge in [-0.2, -0.15) is 0 Å². The monoisotopic (exact) mass is 864 g/mol. The van der Waals surface area contributed by atoms with Crippen LogP contribution in [-0.4, -0.2) is 15.0 Å². The third kappa shape index (κ3) is 7.17. The number of hydrogen-bond donors (Lipinski definition) is 0. The summed E-state index contributed by atoms with van der Waals surface area (Å²) in [5, 5.41) is 13.0. The Morgan fingerprint density at radius 3 is 1.44 bits per heavy atom. The van der Waals surface area contributed by atoms with Crippen LogP contribution in [-0.2, 0) is 5.41 Å². The van der Waals surface area contributed by atoms with Gasteiger partial charge in [-0.25, -0.2) is 15.0 Å². The van der Waals surface area contributed by atoms with Crippen molar-refractivity contribution in [2.75, 3.05) is 4.90 Å². The number of rotatable bonds is 5. The summed E-state index contributed by atoms with van der Waals surface area (Å²) >= 11 is 0. The van der Waals surface area contributed by atoms with E-state index in [1.54, 1.807) is 12.1 Å². The van der Waals surface area contributed by atoms with Crippen LogP contribution in [0, 0.1) is 0 Å². The first-order chi connectivity index (χ1) is 33.1. The van der Waals surface area contributed by atoms with Crippen molar-refractivity contribution in [2.24, 2.45) is 0 Å². The second-order valence-corrected chi connectivity index (χ2v) is 16.9. The maximum atomic E-state index is 11.2. The summed E-state index contributed by atoms with van der Waals surface area (Å²) in [7, 11) is 0. The molecule has 0 saturated heterocycles. The van der Waals surface area contributed by atoms with Gasteiger partial charge < -0.3 is 10.0 Å². The van der Waals surface area contributed by atoms with Crippen molar-refractivity contribution >= 4 is 27.8 Å². The van der Waals surface area contributed by atoms with E-state index in [4.69, 9.17) is 15.0 Å². The molecule has 0 fully saturated rings. The van der Waals surface area contributed by atoms with E-state index < -0.39 is 5.41 Å². The van der Waals surface area contributed by atoms with E-state index >= 15 is 0 Å². The Balaban J connectivity index is 0.000000371. The molecule has 1 aliphatic heterocycles. The van der Waals surface area contributed by atoms with Gasteiger partial charge in [0.2, 0.25) is 0 Å². The molecule has 0 bridgehead atoms. The predicted molar refractivity (Wildman–Crippen MR) is 271 cm³/mol. The quantitative estimate of drug-likeness (QED) is 0.161. The van der Waals surface area contributed by atoms with E-state index in [9.17, 15) is 5.11 Å². The van der Waals surface area contributed by atoms with Crippen LogP contribution < -0.4 is 28.9 Å². The van der Waals surface area contributed by atoms with Crippen molar-refractivity contribution < 1.29 is 24.0 Å². The van der Waals surface area contributed by atoms with E-state index in [2.05, 4.69) is 150 Å². The molecule has 11 aromatic rings. The summed E-state index contributed by atoms with van der Waals surface area (Å²) in [6, 6.07) is 86.4. The summed E-state index contributed by atoms with van der Waals surface area (Å²) in [6.07, 6.45) is 0. The molecule has 68 heavy (non-hydrogen) atoms. The van der Waals surface area contributed by atoms with E-state index in [1.165, 1.54) is 44.8 Å². The minimum atomic E-state index is -0.526. The molecule has 13 rings (SSSR count). The van der Waals surface area contributed by atoms with Gasteiger partial charge in [-0.15, -0.1) is 5.75 Å². The molecule has 0 unspecified atom stereocenters. The first-order valence-electron chi connectivity index (χ1n) is 22.6. The number of hydrogen-bond acceptors (Lipinski definition) is 5. The first kappa shape index (κ1) is 42.3. The molecule has 0 N–H and O–H groups in total. The predicted octanol–water partition coefficient (Wildman–Crippen LogP) is 11.6. The largest absolute Gasteiger partial charge is 1.00 e. The fraction of sp³-hybridized carbons (Fsp3) is 0.0161. The molecule has 5 nitrogen and oxygen atoms in total. The minimum Gasteiger partial charge on any atom is -0.872 e. The Kier molecular flexibility index (Phi) is 11.1. The van der Waals surface area contributed by atoms with Gasteiger partial charge in [0.15, 0.2) is 17.5 Å². The molecule has 2 heterocycles. The summed E-state index contributed by atoms with van der Waals surface area (Å²) in [4.78, 5) is 17.4. The van der Waals surface area contributed by atoms with Gasteiger partial charge in [-0.3, -0.25) is 0 Å². The van der Waals surface area contributed by atoms with Crippen molar-refractivity contribution in [1.29, 1.82) is 0 Å². The van der Waals surface area contributed by atoms with Crippen LogP contribution in [0.3, 0.4) is 0 Å². The zero-order chi connectivity index (χ0) is 44.7. The standard InChI is InChI=1S/C52H34N4.C10H8O.Li/c1-4-17-35(18-5-1)49-53-50(36-19-6-2-7-20-36)55-51(54-49)39-22-16-21-37(33-39)38-31-32-42-41-25-10-11-26-43(41)52(46(42)34-38)44-27-12-14-29-47(44)56(40-23-8-3-9-24-40)48-30-15-13-28-45(48)52;11-10-7-3-5-8-4-1-2-6-9(8)10;/h1-34H;1-7,11H;/q;;+1/p-1. The van der Waals surface area contributed by atoms with Gasteiger partial charge in [0, 0.05) is 22.4 Å². The van der Waals surface area contributed by atoms with E-state index in [-0.39, 0.29) is 24.6 Å². The summed E-state index contributed by atoms with van der Waals surface area (Å²) in [5.41, 5.74) is 15.7. The average Bonchev–Trinajstić information content (AvgIpc) is 3.70. The van der Waals surface area contributed by atoms with E-state index in [0.717, 1.165) is 44.3 Å². The van der Waals surface area contributed by atoms with Crippen LogP contribution in [0.1, 0.15) is 22.3 Å². The Hall–Kier alpha value is -8.33. The molecule has 6 heteroatoms. The number of nitrogens with zero attached hydrogens (tertiary/aromatic N) is 4. The topological polar surface area (TPSA) is 65.0 Å². The first-order valence-corrected chi connectivity index (χ1v) is 22.6. The zero-order valence-electron chi connectivity index (χ0n) is 37.4. The third-order valence-corrected chi connectivity index (χ3v) is 13.1. The van der Waals surface area contributed by atoms with Crippen molar-refractivity contribution in [3.63, 3.8) is 0 Å². The molecule has 0 amide bonds. The van der Waals surface area contributed by atoms with Crippen LogP contribution in [0.2, 0.25) is 0 Å². The molecule has 0 radical (unpaired) electrons. The summed E-state index contributed by atoms with van der Waals surface area (Å²) < 4.78 is 0. The average molecular weight is 865 g/mol. The Morgan fingerprint density at radius 2 is 0.794 bits per heavy atom. The molecule has 1 spiro atoms. The van der Waals surface area contributed by atoms with Gasteiger partial charge in [0.05, 0.1) is 16.8 Å². The van der Waals surface area contributed by atoms with Gasteiger partial charge >= 0.3 is 18.9 Å². The second-order valence-electron chi connectivity index (χ2n) is 16.9. The maximum absolute atomic E-state index is 11.2. The fourth-order valence-corrected chi connectivity index (χ4v) is 10.1. The number of benzene rings is 10.